The number of anilines is 1. The Bertz CT molecular complexity index is 1300. The van der Waals surface area contributed by atoms with Gasteiger partial charge in [0.1, 0.15) is 0 Å². The summed E-state index contributed by atoms with van der Waals surface area (Å²) in [5.74, 6) is 7.54. The summed E-state index contributed by atoms with van der Waals surface area (Å²) >= 11 is 0. The van der Waals surface area contributed by atoms with E-state index >= 15 is 0 Å². The quantitative estimate of drug-likeness (QED) is 0.0747. The van der Waals surface area contributed by atoms with Crippen molar-refractivity contribution in [1.29, 1.82) is 0 Å². The van der Waals surface area contributed by atoms with Gasteiger partial charge in [-0.05, 0) is 160 Å². The van der Waals surface area contributed by atoms with Gasteiger partial charge in [0.05, 0.1) is 10.1 Å². The van der Waals surface area contributed by atoms with Gasteiger partial charge >= 0.3 is 20.4 Å². The van der Waals surface area contributed by atoms with Crippen LogP contribution >= 0.6 is 8.58 Å². The van der Waals surface area contributed by atoms with Crippen molar-refractivity contribution >= 4 is 29.7 Å². The molecule has 2 aromatic rings. The zero-order chi connectivity index (χ0) is 29.8. The van der Waals surface area contributed by atoms with Crippen LogP contribution < -0.4 is 11.0 Å². The Kier molecular flexibility index (Phi) is 9.82. The van der Waals surface area contributed by atoms with Crippen molar-refractivity contribution < 1.29 is 33.4 Å². The van der Waals surface area contributed by atoms with Crippen LogP contribution in [0.4, 0.5) is 5.69 Å². The summed E-state index contributed by atoms with van der Waals surface area (Å²) in [6.07, 6.45) is 24.1. The second-order valence-corrected chi connectivity index (χ2v) is 18.8. The van der Waals surface area contributed by atoms with Gasteiger partial charge in [-0.3, -0.25) is 0 Å². The van der Waals surface area contributed by atoms with Crippen molar-refractivity contribution in [2.45, 2.75) is 89.9 Å². The zero-order valence-corrected chi connectivity index (χ0v) is 29.6. The Labute approximate surface area is 281 Å². The first kappa shape index (κ1) is 33.2. The predicted octanol–water partition coefficient (Wildman–Crippen LogP) is 8.03. The van der Waals surface area contributed by atoms with Crippen molar-refractivity contribution in [2.24, 2.45) is 52.3 Å². The largest absolute Gasteiger partial charge is 2.00 e. The van der Waals surface area contributed by atoms with Gasteiger partial charge in [0, 0.05) is 6.26 Å². The maximum Gasteiger partial charge on any atom is 2.00 e. The first-order valence-electron chi connectivity index (χ1n) is 17.1. The van der Waals surface area contributed by atoms with Crippen LogP contribution in [0, 0.1) is 58.3 Å². The normalized spacial score (nSPS) is 37.0. The van der Waals surface area contributed by atoms with E-state index in [9.17, 15) is 0 Å². The van der Waals surface area contributed by atoms with Crippen molar-refractivity contribution in [2.75, 3.05) is 18.2 Å². The molecule has 0 aliphatic heterocycles. The Morgan fingerprint density at radius 3 is 1.73 bits per heavy atom. The van der Waals surface area contributed by atoms with Crippen LogP contribution in [0.15, 0.2) is 42.5 Å². The van der Waals surface area contributed by atoms with Crippen LogP contribution in [-0.4, -0.2) is 25.4 Å². The van der Waals surface area contributed by atoms with E-state index in [0.717, 1.165) is 77.7 Å². The standard InChI is InChI=1S/C36H47NP.CH4O3S.Pd/c37-33-8-2-1-7-32(33)30-5-3-6-31(17-30)38-10-4-9-34(35-18-24-11-25(19-35)13-26(12-24)20-35)36-21-27-14-28(22-36)16-29(15-27)23-36;1-5(2,3)4;/h1-3,5-8,24-29,34,38H,4,9-16,18-23,37H2;1H3,(H,2,3,4);/q-1;;+2/p-1. The monoisotopic (exact) mass is 725 g/mol. The average Bonchev–Trinajstić information content (AvgIpc) is 2.91. The average molecular weight is 726 g/mol. The number of rotatable bonds is 8. The van der Waals surface area contributed by atoms with E-state index in [0.29, 0.717) is 6.26 Å². The van der Waals surface area contributed by atoms with Gasteiger partial charge in [0.2, 0.25) is 0 Å². The summed E-state index contributed by atoms with van der Waals surface area (Å²) in [7, 11) is -3.05. The Morgan fingerprint density at radius 2 is 1.27 bits per heavy atom. The molecular weight excluding hydrogens is 676 g/mol. The summed E-state index contributed by atoms with van der Waals surface area (Å²) in [4.78, 5) is 0. The van der Waals surface area contributed by atoms with E-state index in [2.05, 4.69) is 36.4 Å². The smallest absolute Gasteiger partial charge is 0.748 e. The molecule has 0 heterocycles. The predicted molar refractivity (Wildman–Crippen MR) is 177 cm³/mol. The molecule has 8 aliphatic carbocycles. The SMILES string of the molecule is CS(=O)(=O)[O-].Nc1ccccc1-c1[c-]c(PCCCC(C23CC4CC(CC(C4)C2)C3)C23CC4CC(CC(C4)C2)C3)ccc1.[Pd+2]. The number of benzene rings is 2. The van der Waals surface area contributed by atoms with Crippen LogP contribution in [0.5, 0.6) is 0 Å². The van der Waals surface area contributed by atoms with E-state index in [-0.39, 0.29) is 20.4 Å². The fourth-order valence-electron chi connectivity index (χ4n) is 12.5. The van der Waals surface area contributed by atoms with Gasteiger partial charge in [0.15, 0.2) is 0 Å². The minimum atomic E-state index is -3.92. The van der Waals surface area contributed by atoms with Crippen LogP contribution in [-0.2, 0) is 30.5 Å². The van der Waals surface area contributed by atoms with Gasteiger partial charge in [-0.1, -0.05) is 23.8 Å². The molecular formula is C37H50NO3PPdS. The maximum atomic E-state index is 9.08. The third-order valence-corrected chi connectivity index (χ3v) is 14.0. The summed E-state index contributed by atoms with van der Waals surface area (Å²) in [6, 6.07) is 18.7. The molecule has 0 radical (unpaired) electrons. The van der Waals surface area contributed by atoms with Crippen LogP contribution in [0.3, 0.4) is 0 Å². The van der Waals surface area contributed by atoms with E-state index in [1.165, 1.54) is 24.3 Å². The van der Waals surface area contributed by atoms with Crippen molar-refractivity contribution in [3.63, 3.8) is 0 Å². The molecule has 0 amide bonds. The third kappa shape index (κ3) is 7.06. The topological polar surface area (TPSA) is 83.2 Å². The summed E-state index contributed by atoms with van der Waals surface area (Å²) in [5, 5.41) is 1.40. The van der Waals surface area contributed by atoms with Crippen LogP contribution in [0.2, 0.25) is 0 Å². The van der Waals surface area contributed by atoms with E-state index in [1.807, 2.05) is 12.1 Å². The van der Waals surface area contributed by atoms with E-state index < -0.39 is 10.1 Å². The Morgan fingerprint density at radius 1 is 0.818 bits per heavy atom. The van der Waals surface area contributed by atoms with Gasteiger partial charge in [-0.2, -0.15) is 0 Å². The molecule has 8 bridgehead atoms. The fraction of sp³-hybridized carbons (Fsp3) is 0.676. The number of hydrogen-bond donors (Lipinski definition) is 1. The van der Waals surface area contributed by atoms with Crippen molar-refractivity contribution in [3.05, 3.63) is 48.5 Å². The van der Waals surface area contributed by atoms with Gasteiger partial charge in [-0.15, -0.1) is 43.7 Å². The van der Waals surface area contributed by atoms with Crippen LogP contribution in [0.1, 0.15) is 89.9 Å². The maximum absolute atomic E-state index is 9.08. The first-order chi connectivity index (χ1) is 20.6. The van der Waals surface area contributed by atoms with Crippen molar-refractivity contribution in [1.82, 2.24) is 0 Å². The fourth-order valence-corrected chi connectivity index (χ4v) is 13.6. The number of hydrogen-bond acceptors (Lipinski definition) is 4. The first-order valence-corrected chi connectivity index (χ1v) is 20.1. The van der Waals surface area contributed by atoms with E-state index in [1.54, 1.807) is 77.0 Å². The van der Waals surface area contributed by atoms with Gasteiger partial charge < -0.3 is 10.3 Å². The molecule has 0 aromatic heterocycles. The molecule has 10 rings (SSSR count). The van der Waals surface area contributed by atoms with E-state index in [4.69, 9.17) is 18.7 Å². The Balaban J connectivity index is 0.000000532. The molecule has 8 fully saturated rings. The minimum Gasteiger partial charge on any atom is -0.748 e. The molecule has 0 spiro atoms. The molecule has 4 nitrogen and oxygen atoms in total. The molecule has 0 saturated heterocycles. The molecule has 2 N–H and O–H groups in total. The van der Waals surface area contributed by atoms with Gasteiger partial charge in [-0.25, -0.2) is 8.42 Å². The summed E-state index contributed by atoms with van der Waals surface area (Å²) < 4.78 is 27.2. The second kappa shape index (κ2) is 13.0. The molecule has 2 aromatic carbocycles. The second-order valence-electron chi connectivity index (χ2n) is 16.0. The molecule has 8 saturated carbocycles. The number of nitrogen functional groups attached to an aromatic ring is 1. The molecule has 7 heteroatoms. The minimum absolute atomic E-state index is 0. The summed E-state index contributed by atoms with van der Waals surface area (Å²) in [6.45, 7) is 0. The van der Waals surface area contributed by atoms with Gasteiger partial charge in [0.25, 0.3) is 0 Å². The molecule has 1 atom stereocenters. The Hall–Kier alpha value is -0.758. The molecule has 44 heavy (non-hydrogen) atoms. The van der Waals surface area contributed by atoms with Crippen molar-refractivity contribution in [3.8, 4) is 11.1 Å². The molecule has 1 unspecified atom stereocenters. The third-order valence-electron chi connectivity index (χ3n) is 12.7. The molecule has 8 aliphatic rings. The van der Waals surface area contributed by atoms with Crippen LogP contribution in [0.25, 0.3) is 11.1 Å². The zero-order valence-electron chi connectivity index (χ0n) is 26.2. The number of nitrogens with two attached hydrogens (primary N) is 1. The molecule has 242 valence electrons. The summed E-state index contributed by atoms with van der Waals surface area (Å²) in [5.41, 5.74) is 10.9. The number of para-hydroxylation sites is 1.